The number of aryl methyl sites for hydroxylation is 1. The number of carboxylic acids is 1. The van der Waals surface area contributed by atoms with Crippen molar-refractivity contribution in [3.63, 3.8) is 0 Å². The standard InChI is InChI=1S/C11H13N3O2/c1-6-3-2-4-7-9(13-14-10(6)7)5-8(12)11(15)16/h2-4,8H,5,12H2,1H3,(H,13,14)(H,15,16). The third-order valence-electron chi connectivity index (χ3n) is 2.61. The highest BCUT2D eigenvalue weighted by atomic mass is 16.4. The summed E-state index contributed by atoms with van der Waals surface area (Å²) in [5.74, 6) is -1.00. The number of para-hydroxylation sites is 1. The Morgan fingerprint density at radius 3 is 3.06 bits per heavy atom. The number of nitrogens with one attached hydrogen (secondary N) is 1. The Labute approximate surface area is 92.3 Å². The SMILES string of the molecule is Cc1cccc2c(CC(N)C(=O)O)[nH]nc12. The summed E-state index contributed by atoms with van der Waals surface area (Å²) in [5, 5.41) is 16.7. The molecule has 0 spiro atoms. The first kappa shape index (κ1) is 10.6. The van der Waals surface area contributed by atoms with Gasteiger partial charge in [-0.2, -0.15) is 5.10 Å². The van der Waals surface area contributed by atoms with E-state index in [0.29, 0.717) is 0 Å². The first-order chi connectivity index (χ1) is 7.59. The predicted molar refractivity (Wildman–Crippen MR) is 60.1 cm³/mol. The molecule has 0 saturated carbocycles. The lowest BCUT2D eigenvalue weighted by Crippen LogP contribution is -2.32. The normalized spacial score (nSPS) is 12.9. The molecule has 1 heterocycles. The molecule has 4 N–H and O–H groups in total. The van der Waals surface area contributed by atoms with E-state index >= 15 is 0 Å². The molecule has 1 atom stereocenters. The van der Waals surface area contributed by atoms with E-state index in [9.17, 15) is 4.79 Å². The second-order valence-electron chi connectivity index (χ2n) is 3.82. The number of rotatable bonds is 3. The molecule has 0 aliphatic heterocycles. The highest BCUT2D eigenvalue weighted by Gasteiger charge is 2.15. The second-order valence-corrected chi connectivity index (χ2v) is 3.82. The van der Waals surface area contributed by atoms with Crippen molar-refractivity contribution in [2.75, 3.05) is 0 Å². The molecule has 2 aromatic rings. The van der Waals surface area contributed by atoms with Crippen LogP contribution < -0.4 is 5.73 Å². The molecule has 84 valence electrons. The molecule has 1 aromatic carbocycles. The number of benzene rings is 1. The summed E-state index contributed by atoms with van der Waals surface area (Å²) < 4.78 is 0. The van der Waals surface area contributed by atoms with Crippen molar-refractivity contribution in [3.8, 4) is 0 Å². The van der Waals surface area contributed by atoms with Crippen LogP contribution in [0.25, 0.3) is 10.9 Å². The predicted octanol–water partition coefficient (Wildman–Crippen LogP) is 0.826. The van der Waals surface area contributed by atoms with E-state index in [0.717, 1.165) is 22.2 Å². The maximum absolute atomic E-state index is 10.7. The smallest absolute Gasteiger partial charge is 0.320 e. The summed E-state index contributed by atoms with van der Waals surface area (Å²) >= 11 is 0. The molecule has 16 heavy (non-hydrogen) atoms. The summed E-state index contributed by atoms with van der Waals surface area (Å²) in [4.78, 5) is 10.7. The minimum absolute atomic E-state index is 0.259. The topological polar surface area (TPSA) is 92.0 Å². The van der Waals surface area contributed by atoms with E-state index < -0.39 is 12.0 Å². The zero-order valence-corrected chi connectivity index (χ0v) is 8.90. The van der Waals surface area contributed by atoms with Gasteiger partial charge < -0.3 is 10.8 Å². The lowest BCUT2D eigenvalue weighted by Gasteiger charge is -2.04. The average molecular weight is 219 g/mol. The fourth-order valence-electron chi connectivity index (χ4n) is 1.70. The molecular formula is C11H13N3O2. The minimum atomic E-state index is -1.00. The molecule has 0 bridgehead atoms. The van der Waals surface area contributed by atoms with Gasteiger partial charge in [-0.3, -0.25) is 9.89 Å². The van der Waals surface area contributed by atoms with Gasteiger partial charge in [-0.25, -0.2) is 0 Å². The largest absolute Gasteiger partial charge is 0.480 e. The Balaban J connectivity index is 2.39. The number of aliphatic carboxylic acids is 1. The number of aromatic amines is 1. The van der Waals surface area contributed by atoms with Crippen molar-refractivity contribution in [2.45, 2.75) is 19.4 Å². The van der Waals surface area contributed by atoms with E-state index in [1.807, 2.05) is 25.1 Å². The van der Waals surface area contributed by atoms with Gasteiger partial charge in [0.1, 0.15) is 6.04 Å². The van der Waals surface area contributed by atoms with Crippen LogP contribution in [0, 0.1) is 6.92 Å². The summed E-state index contributed by atoms with van der Waals surface area (Å²) in [6.45, 7) is 1.96. The number of hydrogen-bond acceptors (Lipinski definition) is 3. The summed E-state index contributed by atoms with van der Waals surface area (Å²) in [6, 6.07) is 4.90. The molecule has 1 unspecified atom stereocenters. The average Bonchev–Trinajstić information content (AvgIpc) is 2.63. The van der Waals surface area contributed by atoms with Crippen LogP contribution in [0.1, 0.15) is 11.3 Å². The number of H-pyrrole nitrogens is 1. The first-order valence-corrected chi connectivity index (χ1v) is 5.00. The fourth-order valence-corrected chi connectivity index (χ4v) is 1.70. The van der Waals surface area contributed by atoms with Gasteiger partial charge in [0.2, 0.25) is 0 Å². The van der Waals surface area contributed by atoms with Crippen LogP contribution in [0.15, 0.2) is 18.2 Å². The van der Waals surface area contributed by atoms with E-state index in [1.54, 1.807) is 0 Å². The minimum Gasteiger partial charge on any atom is -0.480 e. The van der Waals surface area contributed by atoms with Crippen LogP contribution in [0.3, 0.4) is 0 Å². The van der Waals surface area contributed by atoms with E-state index in [2.05, 4.69) is 10.2 Å². The summed E-state index contributed by atoms with van der Waals surface area (Å²) in [5.41, 5.74) is 8.19. The van der Waals surface area contributed by atoms with Crippen molar-refractivity contribution >= 4 is 16.9 Å². The third kappa shape index (κ3) is 1.77. The zero-order chi connectivity index (χ0) is 11.7. The molecule has 5 nitrogen and oxygen atoms in total. The van der Waals surface area contributed by atoms with Gasteiger partial charge in [-0.1, -0.05) is 18.2 Å². The van der Waals surface area contributed by atoms with Crippen molar-refractivity contribution < 1.29 is 9.90 Å². The summed E-state index contributed by atoms with van der Waals surface area (Å²) in [6.07, 6.45) is 0.259. The van der Waals surface area contributed by atoms with Crippen LogP contribution in [0.4, 0.5) is 0 Å². The van der Waals surface area contributed by atoms with Crippen LogP contribution in [-0.2, 0) is 11.2 Å². The Morgan fingerprint density at radius 2 is 2.38 bits per heavy atom. The lowest BCUT2D eigenvalue weighted by molar-refractivity contribution is -0.138. The number of carbonyl (C=O) groups is 1. The molecule has 0 aliphatic rings. The van der Waals surface area contributed by atoms with Gasteiger partial charge in [0.25, 0.3) is 0 Å². The highest BCUT2D eigenvalue weighted by Crippen LogP contribution is 2.19. The van der Waals surface area contributed by atoms with E-state index in [-0.39, 0.29) is 6.42 Å². The number of hydrogen-bond donors (Lipinski definition) is 3. The van der Waals surface area contributed by atoms with Gasteiger partial charge in [-0.15, -0.1) is 0 Å². The number of aromatic nitrogens is 2. The first-order valence-electron chi connectivity index (χ1n) is 5.00. The fraction of sp³-hybridized carbons (Fsp3) is 0.273. The number of fused-ring (bicyclic) bond motifs is 1. The number of nitrogens with two attached hydrogens (primary N) is 1. The van der Waals surface area contributed by atoms with Gasteiger partial charge >= 0.3 is 5.97 Å². The van der Waals surface area contributed by atoms with Gasteiger partial charge in [-0.05, 0) is 12.5 Å². The Morgan fingerprint density at radius 1 is 1.62 bits per heavy atom. The van der Waals surface area contributed by atoms with Crippen LogP contribution in [0.5, 0.6) is 0 Å². The van der Waals surface area contributed by atoms with Crippen molar-refractivity contribution in [1.29, 1.82) is 0 Å². The number of nitrogens with zero attached hydrogens (tertiary/aromatic N) is 1. The third-order valence-corrected chi connectivity index (χ3v) is 2.61. The van der Waals surface area contributed by atoms with Gasteiger partial charge in [0.15, 0.2) is 0 Å². The second kappa shape index (κ2) is 3.94. The van der Waals surface area contributed by atoms with E-state index in [4.69, 9.17) is 10.8 Å². The quantitative estimate of drug-likeness (QED) is 0.712. The molecule has 5 heteroatoms. The maximum atomic E-state index is 10.7. The van der Waals surface area contributed by atoms with E-state index in [1.165, 1.54) is 0 Å². The Kier molecular flexibility index (Phi) is 2.62. The van der Waals surface area contributed by atoms with Crippen molar-refractivity contribution in [3.05, 3.63) is 29.5 Å². The highest BCUT2D eigenvalue weighted by molar-refractivity contribution is 5.85. The molecule has 0 amide bonds. The molecule has 0 saturated heterocycles. The van der Waals surface area contributed by atoms with Gasteiger partial charge in [0, 0.05) is 17.5 Å². The monoisotopic (exact) mass is 219 g/mol. The van der Waals surface area contributed by atoms with Crippen molar-refractivity contribution in [2.24, 2.45) is 5.73 Å². The summed E-state index contributed by atoms with van der Waals surface area (Å²) in [7, 11) is 0. The molecule has 0 aliphatic carbocycles. The number of carboxylic acid groups (broad SMARTS) is 1. The van der Waals surface area contributed by atoms with Crippen molar-refractivity contribution in [1.82, 2.24) is 10.2 Å². The van der Waals surface area contributed by atoms with Crippen LogP contribution in [-0.4, -0.2) is 27.3 Å². The molecular weight excluding hydrogens is 206 g/mol. The zero-order valence-electron chi connectivity index (χ0n) is 8.90. The Bertz CT molecular complexity index is 533. The maximum Gasteiger partial charge on any atom is 0.320 e. The molecule has 2 rings (SSSR count). The lowest BCUT2D eigenvalue weighted by atomic mass is 10.1. The van der Waals surface area contributed by atoms with Crippen LogP contribution >= 0.6 is 0 Å². The van der Waals surface area contributed by atoms with Gasteiger partial charge in [0.05, 0.1) is 5.52 Å². The molecule has 1 aromatic heterocycles. The Hall–Kier alpha value is -1.88. The molecule has 0 fully saturated rings. The van der Waals surface area contributed by atoms with Crippen LogP contribution in [0.2, 0.25) is 0 Å². The molecule has 0 radical (unpaired) electrons.